The molecule has 1 fully saturated rings. The quantitative estimate of drug-likeness (QED) is 0.579. The van der Waals surface area contributed by atoms with Gasteiger partial charge < -0.3 is 9.80 Å². The van der Waals surface area contributed by atoms with Gasteiger partial charge >= 0.3 is 0 Å². The Kier molecular flexibility index (Phi) is 5.14. The number of thioether (sulfide) groups is 1. The van der Waals surface area contributed by atoms with Gasteiger partial charge in [0.2, 0.25) is 0 Å². The smallest absolute Gasteiger partial charge is 0.268 e. The molecule has 2 aliphatic heterocycles. The van der Waals surface area contributed by atoms with Gasteiger partial charge in [-0.15, -0.1) is 11.8 Å². The maximum absolute atomic E-state index is 14.4. The van der Waals surface area contributed by atoms with Gasteiger partial charge in [0.1, 0.15) is 11.6 Å². The van der Waals surface area contributed by atoms with Gasteiger partial charge in [-0.05, 0) is 48.0 Å². The Hall–Kier alpha value is -3.70. The second-order valence-corrected chi connectivity index (χ2v) is 9.08. The van der Waals surface area contributed by atoms with Gasteiger partial charge in [0.15, 0.2) is 4.87 Å². The van der Waals surface area contributed by atoms with Crippen molar-refractivity contribution in [3.8, 4) is 6.07 Å². The van der Waals surface area contributed by atoms with Crippen LogP contribution in [0.3, 0.4) is 0 Å². The molecule has 5 rings (SSSR count). The maximum atomic E-state index is 14.4. The summed E-state index contributed by atoms with van der Waals surface area (Å²) in [6.45, 7) is 0.369. The lowest BCUT2D eigenvalue weighted by Crippen LogP contribution is -2.50. The molecule has 1 atom stereocenters. The van der Waals surface area contributed by atoms with E-state index >= 15 is 0 Å². The summed E-state index contributed by atoms with van der Waals surface area (Å²) in [4.78, 5) is 28.7. The van der Waals surface area contributed by atoms with E-state index < -0.39 is 28.3 Å². The van der Waals surface area contributed by atoms with Crippen LogP contribution in [-0.4, -0.2) is 29.0 Å². The maximum Gasteiger partial charge on any atom is 0.268 e. The first-order chi connectivity index (χ1) is 16.0. The van der Waals surface area contributed by atoms with E-state index in [0.717, 1.165) is 5.56 Å². The highest BCUT2D eigenvalue weighted by molar-refractivity contribution is 8.01. The highest BCUT2D eigenvalue weighted by Crippen LogP contribution is 2.55. The topological polar surface area (TPSA) is 64.4 Å². The molecule has 33 heavy (non-hydrogen) atoms. The van der Waals surface area contributed by atoms with E-state index in [2.05, 4.69) is 6.07 Å². The fourth-order valence-corrected chi connectivity index (χ4v) is 5.90. The van der Waals surface area contributed by atoms with Crippen LogP contribution in [0.4, 0.5) is 14.5 Å². The van der Waals surface area contributed by atoms with Crippen molar-refractivity contribution in [2.24, 2.45) is 0 Å². The molecule has 0 radical (unpaired) electrons. The Morgan fingerprint density at radius 2 is 1.91 bits per heavy atom. The SMILES string of the molecule is N#Cc1cccc(CN2C(=O)[C@@]3(SCCN3C(=O)c3ccccc3F)c3cc(F)ccc32)c1. The number of hydrogen-bond acceptors (Lipinski definition) is 4. The molecule has 2 aliphatic rings. The highest BCUT2D eigenvalue weighted by atomic mass is 32.2. The highest BCUT2D eigenvalue weighted by Gasteiger charge is 2.59. The molecule has 0 saturated carbocycles. The molecule has 0 bridgehead atoms. The van der Waals surface area contributed by atoms with Crippen LogP contribution in [-0.2, 0) is 16.2 Å². The first-order valence-corrected chi connectivity index (χ1v) is 11.3. The van der Waals surface area contributed by atoms with Crippen molar-refractivity contribution in [3.05, 3.63) is 101 Å². The number of hydrogen-bond donors (Lipinski definition) is 0. The van der Waals surface area contributed by atoms with Gasteiger partial charge in [-0.25, -0.2) is 8.78 Å². The van der Waals surface area contributed by atoms with Gasteiger partial charge in [0.05, 0.1) is 29.4 Å². The van der Waals surface area contributed by atoms with Crippen molar-refractivity contribution in [3.63, 3.8) is 0 Å². The molecule has 2 amide bonds. The zero-order valence-electron chi connectivity index (χ0n) is 17.3. The van der Waals surface area contributed by atoms with E-state index in [-0.39, 0.29) is 18.7 Å². The largest absolute Gasteiger partial charge is 0.311 e. The predicted molar refractivity (Wildman–Crippen MR) is 120 cm³/mol. The molecule has 3 aromatic rings. The second kappa shape index (κ2) is 8.01. The van der Waals surface area contributed by atoms with E-state index in [4.69, 9.17) is 0 Å². The summed E-state index contributed by atoms with van der Waals surface area (Å²) in [5, 5.41) is 9.21. The van der Waals surface area contributed by atoms with Crippen molar-refractivity contribution in [2.45, 2.75) is 11.4 Å². The zero-order valence-corrected chi connectivity index (χ0v) is 18.1. The lowest BCUT2D eigenvalue weighted by Gasteiger charge is -2.33. The lowest BCUT2D eigenvalue weighted by molar-refractivity contribution is -0.123. The number of carbonyl (C=O) groups is 2. The number of fused-ring (bicyclic) bond motifs is 2. The number of carbonyl (C=O) groups excluding carboxylic acids is 2. The Bertz CT molecular complexity index is 1340. The molecule has 3 aromatic carbocycles. The van der Waals surface area contributed by atoms with E-state index in [1.165, 1.54) is 58.0 Å². The molecule has 0 N–H and O–H groups in total. The summed E-state index contributed by atoms with van der Waals surface area (Å²) >= 11 is 1.24. The molecule has 2 heterocycles. The number of nitrogens with zero attached hydrogens (tertiary/aromatic N) is 3. The molecule has 164 valence electrons. The van der Waals surface area contributed by atoms with Crippen LogP contribution in [0.2, 0.25) is 0 Å². The molecular weight excluding hydrogens is 444 g/mol. The Labute approximate surface area is 193 Å². The zero-order chi connectivity index (χ0) is 23.2. The number of rotatable bonds is 3. The summed E-state index contributed by atoms with van der Waals surface area (Å²) < 4.78 is 28.8. The fraction of sp³-hybridized carbons (Fsp3) is 0.160. The van der Waals surface area contributed by atoms with Gasteiger partial charge in [0.25, 0.3) is 11.8 Å². The third-order valence-corrected chi connectivity index (χ3v) is 7.32. The number of benzene rings is 3. The van der Waals surface area contributed by atoms with Gasteiger partial charge in [-0.2, -0.15) is 5.26 Å². The fourth-order valence-electron chi connectivity index (χ4n) is 4.45. The third kappa shape index (κ3) is 3.28. The van der Waals surface area contributed by atoms with Crippen LogP contribution in [0.15, 0.2) is 66.7 Å². The molecule has 8 heteroatoms. The average molecular weight is 461 g/mol. The van der Waals surface area contributed by atoms with Gasteiger partial charge in [-0.1, -0.05) is 24.3 Å². The van der Waals surface area contributed by atoms with Crippen LogP contribution < -0.4 is 4.90 Å². The predicted octanol–water partition coefficient (Wildman–Crippen LogP) is 4.43. The first-order valence-electron chi connectivity index (χ1n) is 10.3. The average Bonchev–Trinajstić information content (AvgIpc) is 3.36. The normalized spacial score (nSPS) is 19.1. The Morgan fingerprint density at radius 3 is 2.70 bits per heavy atom. The summed E-state index contributed by atoms with van der Waals surface area (Å²) in [7, 11) is 0. The van der Waals surface area contributed by atoms with Crippen LogP contribution in [0, 0.1) is 23.0 Å². The van der Waals surface area contributed by atoms with Gasteiger partial charge in [0, 0.05) is 17.9 Å². The van der Waals surface area contributed by atoms with E-state index in [1.807, 2.05) is 0 Å². The van der Waals surface area contributed by atoms with Gasteiger partial charge in [-0.3, -0.25) is 9.59 Å². The minimum Gasteiger partial charge on any atom is -0.311 e. The summed E-state index contributed by atoms with van der Waals surface area (Å²) in [6.07, 6.45) is 0. The van der Waals surface area contributed by atoms with Crippen LogP contribution in [0.1, 0.15) is 27.0 Å². The van der Waals surface area contributed by atoms with Crippen molar-refractivity contribution in [2.75, 3.05) is 17.2 Å². The Balaban J connectivity index is 1.61. The third-order valence-electron chi connectivity index (χ3n) is 5.90. The summed E-state index contributed by atoms with van der Waals surface area (Å²) in [6, 6.07) is 18.7. The molecular formula is C25H17F2N3O2S. The first kappa shape index (κ1) is 21.2. The monoisotopic (exact) mass is 461 g/mol. The van der Waals surface area contributed by atoms with Crippen molar-refractivity contribution >= 4 is 29.3 Å². The van der Waals surface area contributed by atoms with Crippen LogP contribution in [0.25, 0.3) is 0 Å². The number of anilines is 1. The molecule has 0 unspecified atom stereocenters. The number of nitriles is 1. The summed E-state index contributed by atoms with van der Waals surface area (Å²) in [5.41, 5.74) is 1.91. The molecule has 5 nitrogen and oxygen atoms in total. The lowest BCUT2D eigenvalue weighted by atomic mass is 10.0. The molecule has 1 spiro atoms. The number of halogens is 2. The minimum atomic E-state index is -1.48. The van der Waals surface area contributed by atoms with Crippen LogP contribution in [0.5, 0.6) is 0 Å². The van der Waals surface area contributed by atoms with Crippen molar-refractivity contribution in [1.29, 1.82) is 5.26 Å². The van der Waals surface area contributed by atoms with E-state index in [9.17, 15) is 23.6 Å². The van der Waals surface area contributed by atoms with Crippen LogP contribution >= 0.6 is 11.8 Å². The van der Waals surface area contributed by atoms with Crippen molar-refractivity contribution in [1.82, 2.24) is 4.90 Å². The van der Waals surface area contributed by atoms with E-state index in [1.54, 1.807) is 30.3 Å². The van der Waals surface area contributed by atoms with E-state index in [0.29, 0.717) is 22.6 Å². The second-order valence-electron chi connectivity index (χ2n) is 7.79. The molecule has 0 aliphatic carbocycles. The Morgan fingerprint density at radius 1 is 1.09 bits per heavy atom. The standard InChI is InChI=1S/C25H17F2N3O2S/c26-18-8-9-22-20(13-18)25(24(32)29(22)15-17-5-3-4-16(12-17)14-28)30(10-11-33-25)23(31)19-6-1-2-7-21(19)27/h1-9,12-13H,10-11,15H2/t25-/m0/s1. The minimum absolute atomic E-state index is 0.134. The number of amides is 2. The van der Waals surface area contributed by atoms with Crippen molar-refractivity contribution < 1.29 is 18.4 Å². The molecule has 0 aromatic heterocycles. The molecule has 1 saturated heterocycles. The summed E-state index contributed by atoms with van der Waals surface area (Å²) in [5.74, 6) is -1.77.